The largest absolute Gasteiger partial charge is 0.496 e. The summed E-state index contributed by atoms with van der Waals surface area (Å²) in [7, 11) is 3.28. The van der Waals surface area contributed by atoms with E-state index in [0.29, 0.717) is 13.0 Å². The number of hydrogen-bond acceptors (Lipinski definition) is 3. The second-order valence-corrected chi connectivity index (χ2v) is 5.08. The maximum atomic E-state index is 10.1. The lowest BCUT2D eigenvalue weighted by Crippen LogP contribution is -2.24. The Morgan fingerprint density at radius 1 is 1.35 bits per heavy atom. The molecule has 0 bridgehead atoms. The van der Waals surface area contributed by atoms with E-state index < -0.39 is 6.10 Å². The second kappa shape index (κ2) is 6.99. The van der Waals surface area contributed by atoms with Gasteiger partial charge < -0.3 is 14.6 Å². The quantitative estimate of drug-likeness (QED) is 0.878. The van der Waals surface area contributed by atoms with Crippen molar-refractivity contribution in [2.75, 3.05) is 20.8 Å². The Morgan fingerprint density at radius 2 is 2.06 bits per heavy atom. The zero-order valence-corrected chi connectivity index (χ0v) is 12.0. The molecule has 2 unspecified atom stereocenters. The highest BCUT2D eigenvalue weighted by Gasteiger charge is 2.16. The molecule has 0 saturated heterocycles. The van der Waals surface area contributed by atoms with Crippen LogP contribution in [-0.2, 0) is 11.2 Å². The average molecular weight is 303 g/mol. The third kappa shape index (κ3) is 4.30. The molecule has 1 N–H and O–H groups in total. The van der Waals surface area contributed by atoms with Gasteiger partial charge in [-0.1, -0.05) is 22.9 Å². The van der Waals surface area contributed by atoms with Crippen LogP contribution in [0.2, 0.25) is 0 Å². The molecule has 0 amide bonds. The molecular formula is C13H19BrO3. The lowest BCUT2D eigenvalue weighted by molar-refractivity contribution is 0.0571. The monoisotopic (exact) mass is 302 g/mol. The van der Waals surface area contributed by atoms with E-state index in [1.54, 1.807) is 14.2 Å². The SMILES string of the molecule is COCC(C)C(O)Cc1cc(Br)ccc1OC. The number of aliphatic hydroxyl groups excluding tert-OH is 1. The summed E-state index contributed by atoms with van der Waals surface area (Å²) in [4.78, 5) is 0. The van der Waals surface area contributed by atoms with Crippen molar-refractivity contribution in [2.45, 2.75) is 19.4 Å². The Labute approximate surface area is 111 Å². The summed E-state index contributed by atoms with van der Waals surface area (Å²) in [6.45, 7) is 2.52. The van der Waals surface area contributed by atoms with E-state index in [-0.39, 0.29) is 5.92 Å². The molecule has 1 aromatic carbocycles. The van der Waals surface area contributed by atoms with Crippen molar-refractivity contribution in [3.63, 3.8) is 0 Å². The molecule has 17 heavy (non-hydrogen) atoms. The normalized spacial score (nSPS) is 14.4. The van der Waals surface area contributed by atoms with Gasteiger partial charge in [0, 0.05) is 23.9 Å². The molecule has 0 heterocycles. The minimum atomic E-state index is -0.432. The fraction of sp³-hybridized carbons (Fsp3) is 0.538. The Hall–Kier alpha value is -0.580. The van der Waals surface area contributed by atoms with Gasteiger partial charge in [-0.2, -0.15) is 0 Å². The number of hydrogen-bond donors (Lipinski definition) is 1. The molecule has 0 radical (unpaired) electrons. The van der Waals surface area contributed by atoms with Crippen LogP contribution in [-0.4, -0.2) is 32.0 Å². The average Bonchev–Trinajstić information content (AvgIpc) is 2.29. The first kappa shape index (κ1) is 14.5. The van der Waals surface area contributed by atoms with Crippen LogP contribution < -0.4 is 4.74 Å². The summed E-state index contributed by atoms with van der Waals surface area (Å²) < 4.78 is 11.3. The zero-order valence-electron chi connectivity index (χ0n) is 10.4. The molecule has 0 aromatic heterocycles. The van der Waals surface area contributed by atoms with Gasteiger partial charge in [-0.05, 0) is 23.8 Å². The van der Waals surface area contributed by atoms with Crippen LogP contribution in [0.3, 0.4) is 0 Å². The molecule has 3 nitrogen and oxygen atoms in total. The molecule has 0 spiro atoms. The number of ether oxygens (including phenoxy) is 2. The van der Waals surface area contributed by atoms with E-state index in [9.17, 15) is 5.11 Å². The number of halogens is 1. The molecule has 0 saturated carbocycles. The van der Waals surface area contributed by atoms with Crippen molar-refractivity contribution in [3.8, 4) is 5.75 Å². The van der Waals surface area contributed by atoms with E-state index >= 15 is 0 Å². The summed E-state index contributed by atoms with van der Waals surface area (Å²) in [5, 5.41) is 10.1. The highest BCUT2D eigenvalue weighted by molar-refractivity contribution is 9.10. The van der Waals surface area contributed by atoms with Crippen molar-refractivity contribution < 1.29 is 14.6 Å². The van der Waals surface area contributed by atoms with Gasteiger partial charge in [-0.3, -0.25) is 0 Å². The number of aliphatic hydroxyl groups is 1. The van der Waals surface area contributed by atoms with E-state index in [2.05, 4.69) is 15.9 Å². The van der Waals surface area contributed by atoms with E-state index in [0.717, 1.165) is 15.8 Å². The molecule has 0 fully saturated rings. The molecule has 1 rings (SSSR count). The lowest BCUT2D eigenvalue weighted by atomic mass is 9.98. The summed E-state index contributed by atoms with van der Waals surface area (Å²) in [6, 6.07) is 5.79. The molecule has 4 heteroatoms. The molecule has 96 valence electrons. The van der Waals surface area contributed by atoms with Crippen molar-refractivity contribution in [3.05, 3.63) is 28.2 Å². The molecule has 0 aliphatic carbocycles. The fourth-order valence-corrected chi connectivity index (χ4v) is 2.12. The Kier molecular flexibility index (Phi) is 5.95. The smallest absolute Gasteiger partial charge is 0.122 e. The Bertz CT molecular complexity index is 355. The molecule has 0 aliphatic heterocycles. The molecule has 2 atom stereocenters. The second-order valence-electron chi connectivity index (χ2n) is 4.16. The minimum Gasteiger partial charge on any atom is -0.496 e. The van der Waals surface area contributed by atoms with Crippen LogP contribution in [0.1, 0.15) is 12.5 Å². The van der Waals surface area contributed by atoms with Gasteiger partial charge in [0.1, 0.15) is 5.75 Å². The predicted octanol–water partition coefficient (Wildman–Crippen LogP) is 2.64. The highest BCUT2D eigenvalue weighted by Crippen LogP contribution is 2.25. The van der Waals surface area contributed by atoms with Crippen molar-refractivity contribution in [2.24, 2.45) is 5.92 Å². The van der Waals surface area contributed by atoms with Gasteiger partial charge in [0.2, 0.25) is 0 Å². The molecule has 0 aliphatic rings. The van der Waals surface area contributed by atoms with E-state index in [1.165, 1.54) is 0 Å². The summed E-state index contributed by atoms with van der Waals surface area (Å²) >= 11 is 3.42. The van der Waals surface area contributed by atoms with Gasteiger partial charge in [0.25, 0.3) is 0 Å². The summed E-state index contributed by atoms with van der Waals surface area (Å²) in [5.41, 5.74) is 0.998. The zero-order chi connectivity index (χ0) is 12.8. The van der Waals surface area contributed by atoms with Crippen molar-refractivity contribution in [1.29, 1.82) is 0 Å². The number of benzene rings is 1. The van der Waals surface area contributed by atoms with Gasteiger partial charge >= 0.3 is 0 Å². The number of rotatable bonds is 6. The third-order valence-electron chi connectivity index (χ3n) is 2.76. The summed E-state index contributed by atoms with van der Waals surface area (Å²) in [6.07, 6.45) is 0.130. The van der Waals surface area contributed by atoms with Gasteiger partial charge in [0.05, 0.1) is 19.8 Å². The minimum absolute atomic E-state index is 0.101. The van der Waals surface area contributed by atoms with Crippen LogP contribution in [0, 0.1) is 5.92 Å². The van der Waals surface area contributed by atoms with Gasteiger partial charge in [-0.25, -0.2) is 0 Å². The first-order valence-corrected chi connectivity index (χ1v) is 6.37. The predicted molar refractivity (Wildman–Crippen MR) is 71.4 cm³/mol. The standard InChI is InChI=1S/C13H19BrO3/c1-9(8-16-2)12(15)7-10-6-11(14)4-5-13(10)17-3/h4-6,9,12,15H,7-8H2,1-3H3. The maximum absolute atomic E-state index is 10.1. The van der Waals surface area contributed by atoms with Crippen LogP contribution in [0.5, 0.6) is 5.75 Å². The van der Waals surface area contributed by atoms with Crippen LogP contribution >= 0.6 is 15.9 Å². The van der Waals surface area contributed by atoms with E-state index in [1.807, 2.05) is 25.1 Å². The van der Waals surface area contributed by atoms with Gasteiger partial charge in [-0.15, -0.1) is 0 Å². The van der Waals surface area contributed by atoms with Crippen LogP contribution in [0.15, 0.2) is 22.7 Å². The Balaban J connectivity index is 2.76. The highest BCUT2D eigenvalue weighted by atomic mass is 79.9. The van der Waals surface area contributed by atoms with Gasteiger partial charge in [0.15, 0.2) is 0 Å². The molecular weight excluding hydrogens is 284 g/mol. The van der Waals surface area contributed by atoms with Crippen molar-refractivity contribution in [1.82, 2.24) is 0 Å². The first-order valence-electron chi connectivity index (χ1n) is 5.58. The fourth-order valence-electron chi connectivity index (χ4n) is 1.71. The maximum Gasteiger partial charge on any atom is 0.122 e. The topological polar surface area (TPSA) is 38.7 Å². The Morgan fingerprint density at radius 3 is 2.65 bits per heavy atom. The number of methoxy groups -OCH3 is 2. The van der Waals surface area contributed by atoms with E-state index in [4.69, 9.17) is 9.47 Å². The van der Waals surface area contributed by atoms with Crippen LogP contribution in [0.25, 0.3) is 0 Å². The lowest BCUT2D eigenvalue weighted by Gasteiger charge is -2.19. The summed E-state index contributed by atoms with van der Waals surface area (Å²) in [5.74, 6) is 0.903. The third-order valence-corrected chi connectivity index (χ3v) is 3.25. The van der Waals surface area contributed by atoms with Crippen molar-refractivity contribution >= 4 is 15.9 Å². The van der Waals surface area contributed by atoms with Crippen LogP contribution in [0.4, 0.5) is 0 Å². The first-order chi connectivity index (χ1) is 8.08. The molecule has 1 aromatic rings.